The van der Waals surface area contributed by atoms with Gasteiger partial charge in [0.05, 0.1) is 10.6 Å². The molecular formula is C22H23F3N4O2S. The molecule has 0 saturated heterocycles. The van der Waals surface area contributed by atoms with E-state index < -0.39 is 18.6 Å². The number of aryl methyl sites for hydroxylation is 2. The van der Waals surface area contributed by atoms with Crippen molar-refractivity contribution in [3.8, 4) is 0 Å². The first kappa shape index (κ1) is 23.6. The summed E-state index contributed by atoms with van der Waals surface area (Å²) in [5.41, 5.74) is 1.84. The maximum atomic E-state index is 12.9. The normalized spacial score (nSPS) is 12.1. The summed E-state index contributed by atoms with van der Waals surface area (Å²) in [4.78, 5) is 35.2. The molecule has 0 spiro atoms. The maximum absolute atomic E-state index is 12.9. The van der Waals surface area contributed by atoms with Gasteiger partial charge in [-0.1, -0.05) is 20.8 Å². The minimum atomic E-state index is -4.48. The van der Waals surface area contributed by atoms with E-state index in [9.17, 15) is 22.8 Å². The fraction of sp³-hybridized carbons (Fsp3) is 0.364. The second-order valence-electron chi connectivity index (χ2n) is 8.45. The first-order chi connectivity index (χ1) is 14.8. The highest BCUT2D eigenvalue weighted by Gasteiger charge is 2.28. The molecule has 3 aromatic rings. The van der Waals surface area contributed by atoms with Crippen LogP contribution in [0.4, 0.5) is 18.9 Å². The molecule has 0 saturated carbocycles. The molecule has 2 N–H and O–H groups in total. The van der Waals surface area contributed by atoms with Gasteiger partial charge in [-0.15, -0.1) is 11.3 Å². The van der Waals surface area contributed by atoms with Crippen molar-refractivity contribution in [2.75, 3.05) is 11.9 Å². The van der Waals surface area contributed by atoms with Crippen molar-refractivity contribution in [2.45, 2.75) is 46.2 Å². The van der Waals surface area contributed by atoms with Crippen molar-refractivity contribution >= 4 is 39.1 Å². The highest BCUT2D eigenvalue weighted by atomic mass is 32.1. The zero-order chi connectivity index (χ0) is 23.8. The number of anilines is 1. The van der Waals surface area contributed by atoms with Crippen molar-refractivity contribution in [3.05, 3.63) is 51.8 Å². The number of fused-ring (bicyclic) bond motifs is 1. The van der Waals surface area contributed by atoms with Gasteiger partial charge in [0.15, 0.2) is 0 Å². The van der Waals surface area contributed by atoms with Crippen LogP contribution in [-0.2, 0) is 5.41 Å². The third kappa shape index (κ3) is 5.24. The number of thiophene rings is 1. The Morgan fingerprint density at radius 2 is 1.62 bits per heavy atom. The number of nitrogens with one attached hydrogen (secondary N) is 2. The first-order valence-electron chi connectivity index (χ1n) is 9.81. The lowest BCUT2D eigenvalue weighted by Crippen LogP contribution is -2.33. The zero-order valence-corrected chi connectivity index (χ0v) is 19.1. The van der Waals surface area contributed by atoms with Gasteiger partial charge in [-0.3, -0.25) is 9.59 Å². The summed E-state index contributed by atoms with van der Waals surface area (Å²) >= 11 is 1.28. The number of halogens is 3. The van der Waals surface area contributed by atoms with Crippen LogP contribution in [0.15, 0.2) is 24.3 Å². The van der Waals surface area contributed by atoms with Crippen LogP contribution >= 0.6 is 11.3 Å². The molecule has 0 radical (unpaired) electrons. The largest absolute Gasteiger partial charge is 0.405 e. The summed E-state index contributed by atoms with van der Waals surface area (Å²) in [5.74, 6) is -0.476. The Bertz CT molecular complexity index is 1180. The van der Waals surface area contributed by atoms with E-state index >= 15 is 0 Å². The molecule has 0 bridgehead atoms. The minimum Gasteiger partial charge on any atom is -0.343 e. The Kier molecular flexibility index (Phi) is 6.28. The molecule has 0 aliphatic rings. The molecule has 0 unspecified atom stereocenters. The lowest BCUT2D eigenvalue weighted by atomic mass is 9.95. The van der Waals surface area contributed by atoms with Gasteiger partial charge >= 0.3 is 6.18 Å². The maximum Gasteiger partial charge on any atom is 0.405 e. The van der Waals surface area contributed by atoms with E-state index in [4.69, 9.17) is 0 Å². The number of aromatic nitrogens is 2. The number of benzene rings is 1. The summed E-state index contributed by atoms with van der Waals surface area (Å²) < 4.78 is 36.7. The minimum absolute atomic E-state index is 0.0610. The van der Waals surface area contributed by atoms with Gasteiger partial charge in [-0.25, -0.2) is 9.97 Å². The lowest BCUT2D eigenvalue weighted by molar-refractivity contribution is -0.123. The Hall–Kier alpha value is -3.01. The van der Waals surface area contributed by atoms with Crippen LogP contribution in [0.5, 0.6) is 0 Å². The average Bonchev–Trinajstić information content (AvgIpc) is 3.02. The predicted octanol–water partition coefficient (Wildman–Crippen LogP) is 5.15. The van der Waals surface area contributed by atoms with Gasteiger partial charge < -0.3 is 10.6 Å². The van der Waals surface area contributed by atoms with E-state index in [1.165, 1.54) is 35.6 Å². The SMILES string of the molecule is Cc1nc(C(C)(C)C)nc2sc(C(=O)Nc3ccc(C(=O)NCC(F)(F)F)cc3)c(C)c12. The molecule has 0 fully saturated rings. The molecule has 32 heavy (non-hydrogen) atoms. The quantitative estimate of drug-likeness (QED) is 0.559. The van der Waals surface area contributed by atoms with E-state index in [1.54, 1.807) is 5.32 Å². The molecule has 3 rings (SSSR count). The van der Waals surface area contributed by atoms with E-state index in [0.29, 0.717) is 16.4 Å². The van der Waals surface area contributed by atoms with Crippen LogP contribution in [-0.4, -0.2) is 34.5 Å². The molecule has 0 atom stereocenters. The molecular weight excluding hydrogens is 441 g/mol. The Balaban J connectivity index is 1.79. The van der Waals surface area contributed by atoms with E-state index in [1.807, 2.05) is 34.6 Å². The molecule has 2 aromatic heterocycles. The second kappa shape index (κ2) is 8.50. The van der Waals surface area contributed by atoms with E-state index in [-0.39, 0.29) is 16.9 Å². The summed E-state index contributed by atoms with van der Waals surface area (Å²) in [7, 11) is 0. The van der Waals surface area contributed by atoms with E-state index in [2.05, 4.69) is 15.3 Å². The van der Waals surface area contributed by atoms with Gasteiger partial charge in [0.1, 0.15) is 17.2 Å². The van der Waals surface area contributed by atoms with Crippen molar-refractivity contribution in [1.29, 1.82) is 0 Å². The summed E-state index contributed by atoms with van der Waals surface area (Å²) in [6.07, 6.45) is -4.48. The van der Waals surface area contributed by atoms with Crippen molar-refractivity contribution < 1.29 is 22.8 Å². The lowest BCUT2D eigenvalue weighted by Gasteiger charge is -2.16. The van der Waals surface area contributed by atoms with Crippen LogP contribution < -0.4 is 10.6 Å². The summed E-state index contributed by atoms with van der Waals surface area (Å²) in [5, 5.41) is 5.42. The predicted molar refractivity (Wildman–Crippen MR) is 118 cm³/mol. The molecule has 0 aliphatic carbocycles. The molecule has 0 aliphatic heterocycles. The fourth-order valence-corrected chi connectivity index (χ4v) is 4.19. The molecule has 170 valence electrons. The number of hydrogen-bond acceptors (Lipinski definition) is 5. The summed E-state index contributed by atoms with van der Waals surface area (Å²) in [6.45, 7) is 8.39. The number of alkyl halides is 3. The number of rotatable bonds is 4. The van der Waals surface area contributed by atoms with Gasteiger partial charge in [0.25, 0.3) is 11.8 Å². The van der Waals surface area contributed by atoms with Gasteiger partial charge in [-0.2, -0.15) is 13.2 Å². The van der Waals surface area contributed by atoms with Crippen LogP contribution in [0, 0.1) is 13.8 Å². The van der Waals surface area contributed by atoms with Crippen molar-refractivity contribution in [2.24, 2.45) is 0 Å². The highest BCUT2D eigenvalue weighted by molar-refractivity contribution is 7.20. The van der Waals surface area contributed by atoms with Crippen molar-refractivity contribution in [3.63, 3.8) is 0 Å². The third-order valence-electron chi connectivity index (χ3n) is 4.70. The molecule has 1 aromatic carbocycles. The smallest absolute Gasteiger partial charge is 0.343 e. The molecule has 2 heterocycles. The van der Waals surface area contributed by atoms with E-state index in [0.717, 1.165) is 21.5 Å². The summed E-state index contributed by atoms with van der Waals surface area (Å²) in [6, 6.07) is 5.63. The van der Waals surface area contributed by atoms with Gasteiger partial charge in [0.2, 0.25) is 0 Å². The van der Waals surface area contributed by atoms with Gasteiger partial charge in [0, 0.05) is 22.1 Å². The third-order valence-corrected chi connectivity index (χ3v) is 5.89. The average molecular weight is 465 g/mol. The standard InChI is InChI=1S/C22H23F3N4O2S/c1-11-15-12(2)27-20(21(3,4)5)29-19(15)32-16(11)18(31)28-14-8-6-13(7-9-14)17(30)26-10-22(23,24)25/h6-9H,10H2,1-5H3,(H,26,30)(H,28,31). The van der Waals surface area contributed by atoms with Gasteiger partial charge in [-0.05, 0) is 43.7 Å². The zero-order valence-electron chi connectivity index (χ0n) is 18.3. The van der Waals surface area contributed by atoms with Crippen LogP contribution in [0.3, 0.4) is 0 Å². The number of nitrogens with zero attached hydrogens (tertiary/aromatic N) is 2. The monoisotopic (exact) mass is 464 g/mol. The van der Waals surface area contributed by atoms with Crippen LogP contribution in [0.25, 0.3) is 10.2 Å². The highest BCUT2D eigenvalue weighted by Crippen LogP contribution is 2.33. The van der Waals surface area contributed by atoms with Crippen LogP contribution in [0.1, 0.15) is 57.9 Å². The number of hydrogen-bond donors (Lipinski definition) is 2. The molecule has 6 nitrogen and oxygen atoms in total. The van der Waals surface area contributed by atoms with Crippen LogP contribution in [0.2, 0.25) is 0 Å². The first-order valence-corrected chi connectivity index (χ1v) is 10.6. The number of amides is 2. The second-order valence-corrected chi connectivity index (χ2v) is 9.45. The Labute approximate surface area is 187 Å². The number of carbonyl (C=O) groups is 2. The topological polar surface area (TPSA) is 84.0 Å². The molecule has 2 amide bonds. The Morgan fingerprint density at radius 3 is 2.19 bits per heavy atom. The number of carbonyl (C=O) groups excluding carboxylic acids is 2. The fourth-order valence-electron chi connectivity index (χ4n) is 3.07. The Morgan fingerprint density at radius 1 is 1.00 bits per heavy atom. The molecule has 10 heteroatoms. The van der Waals surface area contributed by atoms with Crippen molar-refractivity contribution in [1.82, 2.24) is 15.3 Å².